The van der Waals surface area contributed by atoms with Gasteiger partial charge in [-0.3, -0.25) is 4.79 Å². The van der Waals surface area contributed by atoms with E-state index in [-0.39, 0.29) is 22.3 Å². The lowest BCUT2D eigenvalue weighted by Crippen LogP contribution is -2.00. The number of aromatic nitrogens is 1. The van der Waals surface area contributed by atoms with E-state index in [4.69, 9.17) is 28.3 Å². The first-order valence-electron chi connectivity index (χ1n) is 3.79. The fraction of sp³-hybridized carbons (Fsp3) is 0.375. The molecule has 3 nitrogen and oxygen atoms in total. The van der Waals surface area contributed by atoms with E-state index in [2.05, 4.69) is 0 Å². The topological polar surface area (TPSA) is 42.2 Å². The molecule has 0 aliphatic rings. The van der Waals surface area contributed by atoms with E-state index < -0.39 is 0 Å². The number of hydrogen-bond acceptors (Lipinski definition) is 2. The van der Waals surface area contributed by atoms with Crippen molar-refractivity contribution in [2.24, 2.45) is 0 Å². The quantitative estimate of drug-likeness (QED) is 0.796. The molecule has 0 aromatic carbocycles. The van der Waals surface area contributed by atoms with Crippen molar-refractivity contribution in [3.05, 3.63) is 21.4 Å². The minimum atomic E-state index is -0.222. The molecule has 0 aliphatic carbocycles. The summed E-state index contributed by atoms with van der Waals surface area (Å²) < 4.78 is 1.60. The molecule has 0 spiro atoms. The van der Waals surface area contributed by atoms with Gasteiger partial charge in [-0.05, 0) is 6.92 Å². The zero-order chi connectivity index (χ0) is 10.0. The lowest BCUT2D eigenvalue weighted by atomic mass is 10.3. The van der Waals surface area contributed by atoms with Crippen LogP contribution in [0.15, 0.2) is 0 Å². The van der Waals surface area contributed by atoms with E-state index in [1.807, 2.05) is 6.92 Å². The van der Waals surface area contributed by atoms with Crippen LogP contribution in [0.4, 0.5) is 0 Å². The van der Waals surface area contributed by atoms with Crippen LogP contribution in [-0.2, 0) is 13.2 Å². The van der Waals surface area contributed by atoms with Gasteiger partial charge in [0.25, 0.3) is 0 Å². The highest BCUT2D eigenvalue weighted by molar-refractivity contribution is 6.39. The fourth-order valence-electron chi connectivity index (χ4n) is 1.21. The first-order valence-corrected chi connectivity index (χ1v) is 4.55. The molecule has 1 N–H and O–H groups in total. The molecule has 0 fully saturated rings. The third-order valence-corrected chi connectivity index (χ3v) is 2.69. The van der Waals surface area contributed by atoms with Crippen LogP contribution in [0.25, 0.3) is 0 Å². The largest absolute Gasteiger partial charge is 0.390 e. The first-order chi connectivity index (χ1) is 6.17. The highest BCUT2D eigenvalue weighted by Gasteiger charge is 2.17. The predicted molar refractivity (Wildman–Crippen MR) is 51.4 cm³/mol. The maximum Gasteiger partial charge on any atom is 0.154 e. The monoisotopic (exact) mass is 221 g/mol. The Kier molecular flexibility index (Phi) is 3.36. The molecule has 13 heavy (non-hydrogen) atoms. The Hall–Kier alpha value is -0.510. The number of nitrogens with zero attached hydrogens (tertiary/aromatic N) is 1. The van der Waals surface area contributed by atoms with Crippen LogP contribution in [-0.4, -0.2) is 16.0 Å². The van der Waals surface area contributed by atoms with Crippen molar-refractivity contribution < 1.29 is 9.90 Å². The second-order valence-electron chi connectivity index (χ2n) is 2.49. The summed E-state index contributed by atoms with van der Waals surface area (Å²) in [6.07, 6.45) is 0.593. The normalized spacial score (nSPS) is 10.5. The van der Waals surface area contributed by atoms with Gasteiger partial charge in [0.2, 0.25) is 0 Å². The molecule has 72 valence electrons. The summed E-state index contributed by atoms with van der Waals surface area (Å²) >= 11 is 11.7. The van der Waals surface area contributed by atoms with Gasteiger partial charge in [-0.25, -0.2) is 0 Å². The lowest BCUT2D eigenvalue weighted by molar-refractivity contribution is 0.112. The summed E-state index contributed by atoms with van der Waals surface area (Å²) in [6, 6.07) is 0. The van der Waals surface area contributed by atoms with Crippen LogP contribution in [0.1, 0.15) is 23.0 Å². The number of aldehydes is 1. The molecule has 1 rings (SSSR count). The smallest absolute Gasteiger partial charge is 0.154 e. The molecule has 0 aliphatic heterocycles. The molecular formula is C8H9Cl2NO2. The van der Waals surface area contributed by atoms with Crippen molar-refractivity contribution in [3.8, 4) is 0 Å². The van der Waals surface area contributed by atoms with Crippen LogP contribution in [0.2, 0.25) is 10.2 Å². The summed E-state index contributed by atoms with van der Waals surface area (Å²) in [5.74, 6) is 0. The third-order valence-electron chi connectivity index (χ3n) is 1.86. The molecule has 0 radical (unpaired) electrons. The highest BCUT2D eigenvalue weighted by atomic mass is 35.5. The van der Waals surface area contributed by atoms with Gasteiger partial charge in [-0.1, -0.05) is 23.2 Å². The van der Waals surface area contributed by atoms with Gasteiger partial charge in [0.15, 0.2) is 6.29 Å². The van der Waals surface area contributed by atoms with E-state index in [0.29, 0.717) is 18.5 Å². The highest BCUT2D eigenvalue weighted by Crippen LogP contribution is 2.30. The molecule has 0 unspecified atom stereocenters. The SMILES string of the molecule is CCn1c(Cl)c(C=O)c(Cl)c1CO. The van der Waals surface area contributed by atoms with Crippen LogP contribution in [0.5, 0.6) is 0 Å². The standard InChI is InChI=1S/C8H9Cl2NO2/c1-2-11-6(4-13)7(9)5(3-12)8(11)10/h3,13H,2,4H2,1H3. The Balaban J connectivity index is 3.41. The molecule has 1 heterocycles. The molecule has 0 amide bonds. The van der Waals surface area contributed by atoms with Crippen LogP contribution in [0, 0.1) is 0 Å². The Labute approximate surface area is 85.9 Å². The maximum atomic E-state index is 10.6. The van der Waals surface area contributed by atoms with Crippen molar-refractivity contribution in [3.63, 3.8) is 0 Å². The average molecular weight is 222 g/mol. The molecule has 0 saturated carbocycles. The van der Waals surface area contributed by atoms with Crippen molar-refractivity contribution in [1.82, 2.24) is 4.57 Å². The van der Waals surface area contributed by atoms with Crippen molar-refractivity contribution >= 4 is 29.5 Å². The lowest BCUT2D eigenvalue weighted by Gasteiger charge is -2.04. The van der Waals surface area contributed by atoms with Gasteiger partial charge in [0, 0.05) is 6.54 Å². The number of aliphatic hydroxyl groups is 1. The Morgan fingerprint density at radius 3 is 2.46 bits per heavy atom. The third kappa shape index (κ3) is 1.59. The van der Waals surface area contributed by atoms with Crippen LogP contribution >= 0.6 is 23.2 Å². The minimum absolute atomic E-state index is 0.222. The van der Waals surface area contributed by atoms with Crippen LogP contribution < -0.4 is 0 Å². The van der Waals surface area contributed by atoms with Crippen molar-refractivity contribution in [1.29, 1.82) is 0 Å². The average Bonchev–Trinajstić information content (AvgIpc) is 2.36. The first kappa shape index (κ1) is 10.6. The number of hydrogen-bond donors (Lipinski definition) is 1. The van der Waals surface area contributed by atoms with Crippen LogP contribution in [0.3, 0.4) is 0 Å². The molecule has 5 heteroatoms. The Morgan fingerprint density at radius 1 is 1.54 bits per heavy atom. The van der Waals surface area contributed by atoms with Gasteiger partial charge < -0.3 is 9.67 Å². The summed E-state index contributed by atoms with van der Waals surface area (Å²) in [4.78, 5) is 10.6. The molecule has 1 aromatic heterocycles. The molecule has 0 saturated heterocycles. The summed E-state index contributed by atoms with van der Waals surface area (Å²) in [5, 5.41) is 9.51. The summed E-state index contributed by atoms with van der Waals surface area (Å²) in [5.41, 5.74) is 0.727. The minimum Gasteiger partial charge on any atom is -0.390 e. The number of carbonyl (C=O) groups excluding carboxylic acids is 1. The second kappa shape index (κ2) is 4.13. The number of halogens is 2. The zero-order valence-corrected chi connectivity index (χ0v) is 8.56. The second-order valence-corrected chi connectivity index (χ2v) is 3.22. The summed E-state index contributed by atoms with van der Waals surface area (Å²) in [7, 11) is 0. The van der Waals surface area contributed by atoms with Crippen molar-refractivity contribution in [2.45, 2.75) is 20.1 Å². The van der Waals surface area contributed by atoms with Crippen molar-refractivity contribution in [2.75, 3.05) is 0 Å². The summed E-state index contributed by atoms with van der Waals surface area (Å²) in [6.45, 7) is 2.21. The van der Waals surface area contributed by atoms with E-state index in [0.717, 1.165) is 0 Å². The van der Waals surface area contributed by atoms with Gasteiger partial charge in [0.1, 0.15) is 5.15 Å². The Morgan fingerprint density at radius 2 is 2.15 bits per heavy atom. The molecular weight excluding hydrogens is 213 g/mol. The molecule has 0 bridgehead atoms. The maximum absolute atomic E-state index is 10.6. The van der Waals surface area contributed by atoms with Gasteiger partial charge in [0.05, 0.1) is 22.9 Å². The Bertz CT molecular complexity index is 306. The predicted octanol–water partition coefficient (Wildman–Crippen LogP) is 2.12. The molecule has 1 aromatic rings. The van der Waals surface area contributed by atoms with E-state index in [9.17, 15) is 4.79 Å². The van der Waals surface area contributed by atoms with E-state index >= 15 is 0 Å². The molecule has 0 atom stereocenters. The fourth-order valence-corrected chi connectivity index (χ4v) is 1.92. The van der Waals surface area contributed by atoms with Gasteiger partial charge >= 0.3 is 0 Å². The number of rotatable bonds is 3. The number of aliphatic hydroxyl groups excluding tert-OH is 1. The van der Waals surface area contributed by atoms with Gasteiger partial charge in [-0.15, -0.1) is 0 Å². The number of carbonyl (C=O) groups is 1. The zero-order valence-electron chi connectivity index (χ0n) is 7.05. The van der Waals surface area contributed by atoms with Gasteiger partial charge in [-0.2, -0.15) is 0 Å². The van der Waals surface area contributed by atoms with E-state index in [1.165, 1.54) is 0 Å². The van der Waals surface area contributed by atoms with E-state index in [1.54, 1.807) is 4.57 Å².